The highest BCUT2D eigenvalue weighted by molar-refractivity contribution is 14.0. The minimum absolute atomic E-state index is 0. The van der Waals surface area contributed by atoms with Gasteiger partial charge >= 0.3 is 0 Å². The van der Waals surface area contributed by atoms with E-state index >= 15 is 0 Å². The van der Waals surface area contributed by atoms with Crippen LogP contribution in [0.3, 0.4) is 0 Å². The van der Waals surface area contributed by atoms with Crippen LogP contribution in [-0.2, 0) is 6.54 Å². The van der Waals surface area contributed by atoms with Crippen LogP contribution < -0.4 is 15.4 Å². The first-order valence-electron chi connectivity index (χ1n) is 6.67. The van der Waals surface area contributed by atoms with Crippen molar-refractivity contribution < 1.29 is 4.74 Å². The summed E-state index contributed by atoms with van der Waals surface area (Å²) in [5.74, 6) is 2.27. The maximum atomic E-state index is 5.14. The zero-order valence-electron chi connectivity index (χ0n) is 12.9. The van der Waals surface area contributed by atoms with Gasteiger partial charge in [-0.15, -0.1) is 24.0 Å². The zero-order valence-corrected chi connectivity index (χ0v) is 15.3. The minimum Gasteiger partial charge on any atom is -0.497 e. The average Bonchev–Trinajstić information content (AvgIpc) is 2.43. The summed E-state index contributed by atoms with van der Waals surface area (Å²) in [7, 11) is 3.46. The van der Waals surface area contributed by atoms with E-state index in [1.54, 1.807) is 14.2 Å². The molecule has 0 amide bonds. The summed E-state index contributed by atoms with van der Waals surface area (Å²) in [5, 5.41) is 6.68. The number of benzene rings is 1. The van der Waals surface area contributed by atoms with E-state index in [0.29, 0.717) is 12.0 Å². The first-order valence-corrected chi connectivity index (χ1v) is 6.67. The second-order valence-electron chi connectivity index (χ2n) is 4.95. The molecule has 0 saturated heterocycles. The van der Waals surface area contributed by atoms with Crippen LogP contribution in [0.25, 0.3) is 0 Å². The molecule has 20 heavy (non-hydrogen) atoms. The van der Waals surface area contributed by atoms with Crippen molar-refractivity contribution in [2.45, 2.75) is 33.4 Å². The maximum absolute atomic E-state index is 5.14. The molecule has 1 aromatic rings. The van der Waals surface area contributed by atoms with Gasteiger partial charge in [-0.25, -0.2) is 0 Å². The summed E-state index contributed by atoms with van der Waals surface area (Å²) in [4.78, 5) is 4.23. The Morgan fingerprint density at radius 2 is 1.80 bits per heavy atom. The first kappa shape index (κ1) is 19.0. The van der Waals surface area contributed by atoms with Crippen molar-refractivity contribution in [3.8, 4) is 5.75 Å². The van der Waals surface area contributed by atoms with Crippen LogP contribution in [0.2, 0.25) is 0 Å². The van der Waals surface area contributed by atoms with Crippen LogP contribution in [0.15, 0.2) is 29.3 Å². The van der Waals surface area contributed by atoms with Gasteiger partial charge in [0.2, 0.25) is 0 Å². The molecule has 0 aromatic heterocycles. The van der Waals surface area contributed by atoms with Crippen molar-refractivity contribution in [1.29, 1.82) is 0 Å². The summed E-state index contributed by atoms with van der Waals surface area (Å²) in [6.07, 6.45) is 0. The minimum atomic E-state index is 0. The van der Waals surface area contributed by atoms with Gasteiger partial charge in [0.25, 0.3) is 0 Å². The molecule has 0 bridgehead atoms. The van der Waals surface area contributed by atoms with Crippen LogP contribution >= 0.6 is 24.0 Å². The van der Waals surface area contributed by atoms with Crippen LogP contribution in [0, 0.1) is 5.92 Å². The van der Waals surface area contributed by atoms with Gasteiger partial charge in [0.05, 0.1) is 7.11 Å². The molecule has 1 atom stereocenters. The number of guanidine groups is 1. The molecule has 114 valence electrons. The fraction of sp³-hybridized carbons (Fsp3) is 0.533. The van der Waals surface area contributed by atoms with Crippen molar-refractivity contribution in [1.82, 2.24) is 10.6 Å². The van der Waals surface area contributed by atoms with Crippen LogP contribution in [0.4, 0.5) is 0 Å². The third kappa shape index (κ3) is 6.45. The molecule has 0 aliphatic heterocycles. The average molecular weight is 391 g/mol. The second kappa shape index (κ2) is 9.85. The Bertz CT molecular complexity index is 404. The molecule has 0 aliphatic carbocycles. The number of halogens is 1. The number of rotatable bonds is 5. The molecule has 0 saturated carbocycles. The lowest BCUT2D eigenvalue weighted by Gasteiger charge is -2.20. The second-order valence-corrected chi connectivity index (χ2v) is 4.95. The number of aliphatic imine (C=N–C) groups is 1. The quantitative estimate of drug-likeness (QED) is 0.461. The molecule has 0 spiro atoms. The van der Waals surface area contributed by atoms with Gasteiger partial charge in [-0.1, -0.05) is 26.0 Å². The van der Waals surface area contributed by atoms with Crippen molar-refractivity contribution in [3.63, 3.8) is 0 Å². The topological polar surface area (TPSA) is 45.7 Å². The van der Waals surface area contributed by atoms with Crippen molar-refractivity contribution >= 4 is 29.9 Å². The molecule has 5 heteroatoms. The smallest absolute Gasteiger partial charge is 0.191 e. The predicted molar refractivity (Wildman–Crippen MR) is 96.0 cm³/mol. The lowest BCUT2D eigenvalue weighted by atomic mass is 10.1. The van der Waals surface area contributed by atoms with Crippen molar-refractivity contribution in [2.75, 3.05) is 14.2 Å². The molecule has 1 aromatic carbocycles. The van der Waals surface area contributed by atoms with Crippen molar-refractivity contribution in [2.24, 2.45) is 10.9 Å². The number of nitrogens with zero attached hydrogens (tertiary/aromatic N) is 1. The van der Waals surface area contributed by atoms with Crippen molar-refractivity contribution in [3.05, 3.63) is 29.8 Å². The Morgan fingerprint density at radius 1 is 1.20 bits per heavy atom. The first-order chi connectivity index (χ1) is 9.06. The van der Waals surface area contributed by atoms with Gasteiger partial charge in [0, 0.05) is 19.6 Å². The Morgan fingerprint density at radius 3 is 2.25 bits per heavy atom. The van der Waals surface area contributed by atoms with Gasteiger partial charge in [-0.05, 0) is 30.5 Å². The lowest BCUT2D eigenvalue weighted by molar-refractivity contribution is 0.414. The van der Waals surface area contributed by atoms with Gasteiger partial charge in [-0.3, -0.25) is 4.99 Å². The van der Waals surface area contributed by atoms with Crippen LogP contribution in [-0.4, -0.2) is 26.2 Å². The summed E-state index contributed by atoms with van der Waals surface area (Å²) < 4.78 is 5.14. The molecule has 1 unspecified atom stereocenters. The molecule has 0 radical (unpaired) electrons. The highest BCUT2D eigenvalue weighted by atomic mass is 127. The summed E-state index contributed by atoms with van der Waals surface area (Å²) in [5.41, 5.74) is 1.20. The number of ether oxygens (including phenoxy) is 1. The summed E-state index contributed by atoms with van der Waals surface area (Å²) >= 11 is 0. The molecular weight excluding hydrogens is 365 g/mol. The standard InChI is InChI=1S/C15H25N3O.HI/c1-11(2)12(3)18-15(16-4)17-10-13-6-8-14(19-5)9-7-13;/h6-9,11-12H,10H2,1-5H3,(H2,16,17,18);1H. The summed E-state index contributed by atoms with van der Waals surface area (Å²) in [6, 6.07) is 8.41. The SMILES string of the molecule is CN=C(NCc1ccc(OC)cc1)NC(C)C(C)C.I. The number of hydrogen-bond acceptors (Lipinski definition) is 2. The normalized spacial score (nSPS) is 12.6. The lowest BCUT2D eigenvalue weighted by Crippen LogP contribution is -2.43. The number of methoxy groups -OCH3 is 1. The van der Waals surface area contributed by atoms with E-state index in [4.69, 9.17) is 4.74 Å². The monoisotopic (exact) mass is 391 g/mol. The fourth-order valence-corrected chi connectivity index (χ4v) is 1.51. The molecule has 0 aliphatic rings. The summed E-state index contributed by atoms with van der Waals surface area (Å²) in [6.45, 7) is 7.28. The van der Waals surface area contributed by atoms with Crippen LogP contribution in [0.1, 0.15) is 26.3 Å². The molecule has 0 heterocycles. The molecule has 0 fully saturated rings. The third-order valence-electron chi connectivity index (χ3n) is 3.21. The highest BCUT2D eigenvalue weighted by Gasteiger charge is 2.08. The molecule has 1 rings (SSSR count). The van der Waals surface area contributed by atoms with Gasteiger partial charge in [0.1, 0.15) is 5.75 Å². The van der Waals surface area contributed by atoms with E-state index in [1.807, 2.05) is 24.3 Å². The Labute approximate surface area is 139 Å². The number of nitrogens with one attached hydrogen (secondary N) is 2. The van der Waals surface area contributed by atoms with Gasteiger partial charge in [0.15, 0.2) is 5.96 Å². The van der Waals surface area contributed by atoms with Gasteiger partial charge < -0.3 is 15.4 Å². The largest absolute Gasteiger partial charge is 0.497 e. The van der Waals surface area contributed by atoms with E-state index in [-0.39, 0.29) is 24.0 Å². The fourth-order valence-electron chi connectivity index (χ4n) is 1.51. The Balaban J connectivity index is 0.00000361. The van der Waals surface area contributed by atoms with E-state index in [0.717, 1.165) is 18.3 Å². The highest BCUT2D eigenvalue weighted by Crippen LogP contribution is 2.10. The predicted octanol–water partition coefficient (Wildman–Crippen LogP) is 3.02. The zero-order chi connectivity index (χ0) is 14.3. The maximum Gasteiger partial charge on any atom is 0.191 e. The Kier molecular flexibility index (Phi) is 9.37. The van der Waals surface area contributed by atoms with E-state index in [2.05, 4.69) is 36.4 Å². The molecule has 4 nitrogen and oxygen atoms in total. The molecular formula is C15H26IN3O. The van der Waals surface area contributed by atoms with Crippen LogP contribution in [0.5, 0.6) is 5.75 Å². The third-order valence-corrected chi connectivity index (χ3v) is 3.21. The van der Waals surface area contributed by atoms with E-state index < -0.39 is 0 Å². The van der Waals surface area contributed by atoms with E-state index in [1.165, 1.54) is 5.56 Å². The number of hydrogen-bond donors (Lipinski definition) is 2. The Hall–Kier alpha value is -0.980. The van der Waals surface area contributed by atoms with Gasteiger partial charge in [-0.2, -0.15) is 0 Å². The van der Waals surface area contributed by atoms with E-state index in [9.17, 15) is 0 Å². The molecule has 2 N–H and O–H groups in total.